The molecule has 0 radical (unpaired) electrons. The molecule has 0 fully saturated rings. The molecule has 18 heavy (non-hydrogen) atoms. The predicted molar refractivity (Wildman–Crippen MR) is 77.6 cm³/mol. The van der Waals surface area contributed by atoms with Crippen LogP contribution in [0.2, 0.25) is 0 Å². The summed E-state index contributed by atoms with van der Waals surface area (Å²) in [6, 6.07) is 0. The smallest absolute Gasteiger partial charge is 0.105 e. The summed E-state index contributed by atoms with van der Waals surface area (Å²) >= 11 is 0. The van der Waals surface area contributed by atoms with Crippen molar-refractivity contribution in [3.05, 3.63) is 17.7 Å². The van der Waals surface area contributed by atoms with Gasteiger partial charge in [-0.1, -0.05) is 27.7 Å². The van der Waals surface area contributed by atoms with Crippen LogP contribution in [0.1, 0.15) is 52.1 Å². The molecule has 0 spiro atoms. The second-order valence-corrected chi connectivity index (χ2v) is 5.82. The minimum Gasteiger partial charge on any atom is -0.331 e. The Morgan fingerprint density at radius 1 is 1.33 bits per heavy atom. The number of hydrogen-bond acceptors (Lipinski definition) is 2. The van der Waals surface area contributed by atoms with Crippen molar-refractivity contribution in [2.24, 2.45) is 11.8 Å². The molecule has 1 aromatic heterocycles. The molecule has 1 N–H and O–H groups in total. The maximum Gasteiger partial charge on any atom is 0.105 e. The van der Waals surface area contributed by atoms with Crippen LogP contribution in [0, 0.1) is 18.8 Å². The summed E-state index contributed by atoms with van der Waals surface area (Å²) in [4.78, 5) is 4.45. The van der Waals surface area contributed by atoms with E-state index in [1.165, 1.54) is 18.5 Å². The Hall–Kier alpha value is -0.830. The van der Waals surface area contributed by atoms with Gasteiger partial charge in [0.2, 0.25) is 0 Å². The number of nitrogens with zero attached hydrogens (tertiary/aromatic N) is 2. The number of hydrogen-bond donors (Lipinski definition) is 1. The lowest BCUT2D eigenvalue weighted by atomic mass is 9.99. The molecule has 0 saturated heterocycles. The summed E-state index contributed by atoms with van der Waals surface area (Å²) in [5.41, 5.74) is 1.32. The van der Waals surface area contributed by atoms with Crippen LogP contribution < -0.4 is 5.32 Å². The molecule has 0 saturated carbocycles. The number of aryl methyl sites for hydroxylation is 1. The summed E-state index contributed by atoms with van der Waals surface area (Å²) in [7, 11) is 0. The SMILES string of the molecule is CCCNCc1cnc(C)n1CC(C)CC(C)C. The van der Waals surface area contributed by atoms with Crippen molar-refractivity contribution in [3.63, 3.8) is 0 Å². The van der Waals surface area contributed by atoms with E-state index in [1.807, 2.05) is 6.20 Å². The molecule has 1 aromatic rings. The van der Waals surface area contributed by atoms with Gasteiger partial charge in [0.1, 0.15) is 5.82 Å². The molecule has 3 nitrogen and oxygen atoms in total. The molecule has 104 valence electrons. The van der Waals surface area contributed by atoms with Crippen molar-refractivity contribution in [2.75, 3.05) is 6.54 Å². The van der Waals surface area contributed by atoms with E-state index in [9.17, 15) is 0 Å². The van der Waals surface area contributed by atoms with Crippen molar-refractivity contribution >= 4 is 0 Å². The third-order valence-corrected chi connectivity index (χ3v) is 3.24. The predicted octanol–water partition coefficient (Wildman–Crippen LogP) is 3.37. The zero-order chi connectivity index (χ0) is 13.5. The van der Waals surface area contributed by atoms with Gasteiger partial charge in [-0.05, 0) is 38.1 Å². The lowest BCUT2D eigenvalue weighted by molar-refractivity contribution is 0.380. The Morgan fingerprint density at radius 2 is 2.06 bits per heavy atom. The second kappa shape index (κ2) is 7.57. The molecule has 1 rings (SSSR count). The van der Waals surface area contributed by atoms with Crippen LogP contribution in [0.5, 0.6) is 0 Å². The number of nitrogens with one attached hydrogen (secondary N) is 1. The number of imidazole rings is 1. The highest BCUT2D eigenvalue weighted by atomic mass is 15.1. The van der Waals surface area contributed by atoms with Crippen LogP contribution in [-0.2, 0) is 13.1 Å². The van der Waals surface area contributed by atoms with Gasteiger partial charge < -0.3 is 9.88 Å². The Labute approximate surface area is 112 Å². The van der Waals surface area contributed by atoms with E-state index in [0.29, 0.717) is 5.92 Å². The summed E-state index contributed by atoms with van der Waals surface area (Å²) < 4.78 is 2.37. The largest absolute Gasteiger partial charge is 0.331 e. The van der Waals surface area contributed by atoms with Gasteiger partial charge in [-0.2, -0.15) is 0 Å². The quantitative estimate of drug-likeness (QED) is 0.718. The van der Waals surface area contributed by atoms with Gasteiger partial charge in [-0.15, -0.1) is 0 Å². The summed E-state index contributed by atoms with van der Waals surface area (Å²) in [6.45, 7) is 14.3. The van der Waals surface area contributed by atoms with Crippen molar-refractivity contribution in [1.82, 2.24) is 14.9 Å². The van der Waals surface area contributed by atoms with Gasteiger partial charge in [0.15, 0.2) is 0 Å². The van der Waals surface area contributed by atoms with Crippen molar-refractivity contribution in [3.8, 4) is 0 Å². The summed E-state index contributed by atoms with van der Waals surface area (Å²) in [5.74, 6) is 2.62. The molecule has 0 bridgehead atoms. The van der Waals surface area contributed by atoms with Gasteiger partial charge in [0, 0.05) is 19.3 Å². The molecule has 0 aromatic carbocycles. The Bertz CT molecular complexity index is 342. The summed E-state index contributed by atoms with van der Waals surface area (Å²) in [5, 5.41) is 3.46. The molecule has 0 aliphatic rings. The summed E-state index contributed by atoms with van der Waals surface area (Å²) in [6.07, 6.45) is 4.47. The fraction of sp³-hybridized carbons (Fsp3) is 0.800. The average Bonchev–Trinajstić information content (AvgIpc) is 2.61. The highest BCUT2D eigenvalue weighted by Crippen LogP contribution is 2.16. The molecular weight excluding hydrogens is 222 g/mol. The lowest BCUT2D eigenvalue weighted by Gasteiger charge is -2.18. The van der Waals surface area contributed by atoms with Gasteiger partial charge in [-0.3, -0.25) is 0 Å². The van der Waals surface area contributed by atoms with Gasteiger partial charge in [-0.25, -0.2) is 4.98 Å². The monoisotopic (exact) mass is 251 g/mol. The molecule has 1 unspecified atom stereocenters. The van der Waals surface area contributed by atoms with E-state index in [2.05, 4.69) is 49.5 Å². The van der Waals surface area contributed by atoms with Crippen LogP contribution in [-0.4, -0.2) is 16.1 Å². The first kappa shape index (κ1) is 15.2. The first-order chi connectivity index (χ1) is 8.54. The standard InChI is InChI=1S/C15H29N3/c1-6-7-16-9-15-10-17-14(5)18(15)11-13(4)8-12(2)3/h10,12-13,16H,6-9,11H2,1-5H3. The molecule has 0 aliphatic carbocycles. The maximum absolute atomic E-state index is 4.45. The van der Waals surface area contributed by atoms with Crippen LogP contribution >= 0.6 is 0 Å². The first-order valence-corrected chi connectivity index (χ1v) is 7.26. The van der Waals surface area contributed by atoms with E-state index in [1.54, 1.807) is 0 Å². The zero-order valence-corrected chi connectivity index (χ0v) is 12.7. The molecule has 3 heteroatoms. The zero-order valence-electron chi connectivity index (χ0n) is 12.7. The van der Waals surface area contributed by atoms with Crippen LogP contribution in [0.4, 0.5) is 0 Å². The van der Waals surface area contributed by atoms with Gasteiger partial charge in [0.25, 0.3) is 0 Å². The average molecular weight is 251 g/mol. The second-order valence-electron chi connectivity index (χ2n) is 5.82. The third kappa shape index (κ3) is 4.81. The minimum absolute atomic E-state index is 0.711. The first-order valence-electron chi connectivity index (χ1n) is 7.26. The maximum atomic E-state index is 4.45. The van der Waals surface area contributed by atoms with Crippen molar-refractivity contribution in [2.45, 2.75) is 60.5 Å². The van der Waals surface area contributed by atoms with E-state index in [0.717, 1.165) is 31.4 Å². The Morgan fingerprint density at radius 3 is 2.67 bits per heavy atom. The van der Waals surface area contributed by atoms with E-state index < -0.39 is 0 Å². The van der Waals surface area contributed by atoms with Crippen molar-refractivity contribution in [1.29, 1.82) is 0 Å². The van der Waals surface area contributed by atoms with Crippen LogP contribution in [0.25, 0.3) is 0 Å². The fourth-order valence-corrected chi connectivity index (χ4v) is 2.49. The van der Waals surface area contributed by atoms with E-state index >= 15 is 0 Å². The fourth-order valence-electron chi connectivity index (χ4n) is 2.49. The van der Waals surface area contributed by atoms with Crippen molar-refractivity contribution < 1.29 is 0 Å². The highest BCUT2D eigenvalue weighted by Gasteiger charge is 2.11. The number of rotatable bonds is 8. The Kier molecular flexibility index (Phi) is 6.41. The molecule has 1 heterocycles. The molecule has 0 amide bonds. The Balaban J connectivity index is 2.60. The topological polar surface area (TPSA) is 29.9 Å². The van der Waals surface area contributed by atoms with Gasteiger partial charge >= 0.3 is 0 Å². The minimum atomic E-state index is 0.711. The molecule has 0 aliphatic heterocycles. The van der Waals surface area contributed by atoms with E-state index in [-0.39, 0.29) is 0 Å². The molecular formula is C15H29N3. The third-order valence-electron chi connectivity index (χ3n) is 3.24. The lowest BCUT2D eigenvalue weighted by Crippen LogP contribution is -2.19. The normalized spacial score (nSPS) is 13.2. The highest BCUT2D eigenvalue weighted by molar-refractivity contribution is 5.04. The van der Waals surface area contributed by atoms with Gasteiger partial charge in [0.05, 0.1) is 5.69 Å². The number of aromatic nitrogens is 2. The van der Waals surface area contributed by atoms with Crippen LogP contribution in [0.3, 0.4) is 0 Å². The van der Waals surface area contributed by atoms with E-state index in [4.69, 9.17) is 0 Å². The molecule has 1 atom stereocenters. The van der Waals surface area contributed by atoms with Crippen LogP contribution in [0.15, 0.2) is 6.20 Å².